The number of hydrogen-bond donors (Lipinski definition) is 3. The zero-order valence-electron chi connectivity index (χ0n) is 19.5. The minimum atomic E-state index is -0.403. The summed E-state index contributed by atoms with van der Waals surface area (Å²) >= 11 is 1.64. The van der Waals surface area contributed by atoms with E-state index >= 15 is 0 Å². The largest absolute Gasteiger partial charge is 0.392 e. The van der Waals surface area contributed by atoms with Crippen LogP contribution in [0.5, 0.6) is 0 Å². The fourth-order valence-corrected chi connectivity index (χ4v) is 6.48. The molecule has 1 aliphatic heterocycles. The van der Waals surface area contributed by atoms with Gasteiger partial charge in [-0.15, -0.1) is 11.3 Å². The molecule has 4 aromatic rings. The van der Waals surface area contributed by atoms with Gasteiger partial charge in [-0.05, 0) is 55.4 Å². The first-order valence-electron chi connectivity index (χ1n) is 11.9. The Labute approximate surface area is 210 Å². The van der Waals surface area contributed by atoms with Crippen LogP contribution < -0.4 is 15.8 Å². The van der Waals surface area contributed by atoms with Gasteiger partial charge >= 0.3 is 0 Å². The first-order chi connectivity index (χ1) is 17.6. The molecule has 3 N–H and O–H groups in total. The van der Waals surface area contributed by atoms with Gasteiger partial charge < -0.3 is 20.3 Å². The fourth-order valence-electron chi connectivity index (χ4n) is 5.09. The Kier molecular flexibility index (Phi) is 5.82. The van der Waals surface area contributed by atoms with Crippen LogP contribution in [0.15, 0.2) is 47.8 Å². The van der Waals surface area contributed by atoms with Gasteiger partial charge in [0.1, 0.15) is 12.1 Å². The Hall–Kier alpha value is -3.89. The second kappa shape index (κ2) is 9.29. The van der Waals surface area contributed by atoms with Gasteiger partial charge in [0.25, 0.3) is 11.5 Å². The van der Waals surface area contributed by atoms with Gasteiger partial charge in [0.2, 0.25) is 0 Å². The quantitative estimate of drug-likeness (QED) is 0.382. The van der Waals surface area contributed by atoms with Crippen molar-refractivity contribution in [2.45, 2.75) is 38.7 Å². The van der Waals surface area contributed by atoms with Crippen LogP contribution in [0.4, 0.5) is 17.3 Å². The van der Waals surface area contributed by atoms with Crippen LogP contribution >= 0.6 is 11.3 Å². The highest BCUT2D eigenvalue weighted by Gasteiger charge is 2.33. The average Bonchev–Trinajstić information content (AvgIpc) is 3.30. The van der Waals surface area contributed by atoms with E-state index in [1.807, 2.05) is 18.2 Å². The number of benzene rings is 1. The number of amides is 1. The standard InChI is InChI=1S/C26H24N6O3S/c33-13-18-15(19-12-28-25(34)24(30-19)31-22-8-10-27-14-29-22)5-3-6-20(18)32-11-9-17-16-4-1-2-7-21(16)36-23(17)26(32)35/h3,5-6,8,10,12,14,33H,1-2,4,7,9,11,13H2,(H,28,34)(H,27,29,30,31). The molecule has 0 atom stereocenters. The number of aromatic nitrogens is 4. The maximum absolute atomic E-state index is 13.6. The van der Waals surface area contributed by atoms with Gasteiger partial charge in [-0.3, -0.25) is 9.59 Å². The Balaban J connectivity index is 1.37. The number of fused-ring (bicyclic) bond motifs is 3. The van der Waals surface area contributed by atoms with Crippen molar-refractivity contribution >= 4 is 34.6 Å². The number of aliphatic hydroxyl groups excluding tert-OH is 1. The predicted octanol–water partition coefficient (Wildman–Crippen LogP) is 3.61. The van der Waals surface area contributed by atoms with Crippen molar-refractivity contribution in [2.75, 3.05) is 16.8 Å². The van der Waals surface area contributed by atoms with E-state index in [9.17, 15) is 14.7 Å². The summed E-state index contributed by atoms with van der Waals surface area (Å²) in [5, 5.41) is 13.3. The predicted molar refractivity (Wildman–Crippen MR) is 138 cm³/mol. The third-order valence-corrected chi connectivity index (χ3v) is 8.12. The number of anilines is 3. The minimum absolute atomic E-state index is 0.0111. The SMILES string of the molecule is O=C1c2sc3c(c2CCN1c1cccc(-c2c[nH]c(=O)c(Nc4ccncn4)n2)c1CO)CCCC3. The number of H-pyrrole nitrogens is 1. The molecule has 0 saturated heterocycles. The summed E-state index contributed by atoms with van der Waals surface area (Å²) in [5.74, 6) is 0.496. The Morgan fingerprint density at radius 1 is 1.11 bits per heavy atom. The Bertz CT molecular complexity index is 1510. The Morgan fingerprint density at radius 2 is 2.00 bits per heavy atom. The number of hydrogen-bond acceptors (Lipinski definition) is 8. The average molecular weight is 501 g/mol. The van der Waals surface area contributed by atoms with E-state index in [1.165, 1.54) is 41.4 Å². The lowest BCUT2D eigenvalue weighted by atomic mass is 9.91. The number of carbonyl (C=O) groups excluding carboxylic acids is 1. The highest BCUT2D eigenvalue weighted by Crippen LogP contribution is 2.40. The number of aliphatic hydroxyl groups is 1. The van der Waals surface area contributed by atoms with E-state index in [0.29, 0.717) is 34.9 Å². The number of aromatic amines is 1. The first kappa shape index (κ1) is 22.6. The number of carbonyl (C=O) groups is 1. The molecule has 9 nitrogen and oxygen atoms in total. The summed E-state index contributed by atoms with van der Waals surface area (Å²) in [4.78, 5) is 45.1. The van der Waals surface area contributed by atoms with Gasteiger partial charge in [-0.25, -0.2) is 15.0 Å². The van der Waals surface area contributed by atoms with Gasteiger partial charge in [0.05, 0.1) is 22.9 Å². The minimum Gasteiger partial charge on any atom is -0.392 e. The van der Waals surface area contributed by atoms with E-state index in [2.05, 4.69) is 25.3 Å². The number of rotatable bonds is 5. The third kappa shape index (κ3) is 3.88. The lowest BCUT2D eigenvalue weighted by Gasteiger charge is -2.30. The van der Waals surface area contributed by atoms with Crippen molar-refractivity contribution < 1.29 is 9.90 Å². The molecule has 1 aliphatic carbocycles. The molecule has 4 heterocycles. The molecule has 0 spiro atoms. The summed E-state index contributed by atoms with van der Waals surface area (Å²) in [6.45, 7) is 0.281. The highest BCUT2D eigenvalue weighted by molar-refractivity contribution is 7.14. The first-order valence-corrected chi connectivity index (χ1v) is 12.8. The molecule has 3 aromatic heterocycles. The molecular formula is C26H24N6O3S. The van der Waals surface area contributed by atoms with Crippen LogP contribution in [-0.2, 0) is 25.9 Å². The summed E-state index contributed by atoms with van der Waals surface area (Å²) in [5.41, 5.74) is 4.57. The monoisotopic (exact) mass is 500 g/mol. The van der Waals surface area contributed by atoms with Crippen molar-refractivity contribution in [3.63, 3.8) is 0 Å². The molecule has 0 saturated carbocycles. The zero-order chi connectivity index (χ0) is 24.6. The van der Waals surface area contributed by atoms with Crippen molar-refractivity contribution in [2.24, 2.45) is 0 Å². The fraction of sp³-hybridized carbons (Fsp3) is 0.269. The molecule has 36 heavy (non-hydrogen) atoms. The zero-order valence-corrected chi connectivity index (χ0v) is 20.3. The number of nitrogens with zero attached hydrogens (tertiary/aromatic N) is 4. The summed E-state index contributed by atoms with van der Waals surface area (Å²) < 4.78 is 0. The molecule has 0 bridgehead atoms. The molecule has 1 amide bonds. The van der Waals surface area contributed by atoms with Crippen LogP contribution in [0.25, 0.3) is 11.3 Å². The van der Waals surface area contributed by atoms with Crippen molar-refractivity contribution in [1.29, 1.82) is 0 Å². The van der Waals surface area contributed by atoms with E-state index < -0.39 is 5.56 Å². The number of aryl methyl sites for hydroxylation is 1. The summed E-state index contributed by atoms with van der Waals surface area (Å²) in [6, 6.07) is 7.16. The topological polar surface area (TPSA) is 124 Å². The molecular weight excluding hydrogens is 476 g/mol. The van der Waals surface area contributed by atoms with E-state index in [0.717, 1.165) is 24.1 Å². The summed E-state index contributed by atoms with van der Waals surface area (Å²) in [7, 11) is 0. The van der Waals surface area contributed by atoms with Gasteiger partial charge in [-0.2, -0.15) is 0 Å². The van der Waals surface area contributed by atoms with Gasteiger partial charge in [0, 0.05) is 34.9 Å². The van der Waals surface area contributed by atoms with Crippen LogP contribution in [0.3, 0.4) is 0 Å². The van der Waals surface area contributed by atoms with E-state index in [-0.39, 0.29) is 18.3 Å². The lowest BCUT2D eigenvalue weighted by Crippen LogP contribution is -2.37. The highest BCUT2D eigenvalue weighted by atomic mass is 32.1. The second-order valence-electron chi connectivity index (χ2n) is 8.87. The normalized spacial score (nSPS) is 14.9. The number of nitrogens with one attached hydrogen (secondary N) is 2. The molecule has 2 aliphatic rings. The maximum atomic E-state index is 13.6. The van der Waals surface area contributed by atoms with Crippen molar-refractivity contribution in [3.8, 4) is 11.3 Å². The molecule has 6 rings (SSSR count). The van der Waals surface area contributed by atoms with Crippen LogP contribution in [-0.4, -0.2) is 37.5 Å². The maximum Gasteiger partial charge on any atom is 0.291 e. The number of thiophene rings is 1. The molecule has 182 valence electrons. The van der Waals surface area contributed by atoms with Crippen molar-refractivity contribution in [1.82, 2.24) is 19.9 Å². The van der Waals surface area contributed by atoms with Crippen molar-refractivity contribution in [3.05, 3.63) is 79.8 Å². The van der Waals surface area contributed by atoms with E-state index in [1.54, 1.807) is 28.5 Å². The molecule has 10 heteroatoms. The lowest BCUT2D eigenvalue weighted by molar-refractivity contribution is 0.0984. The van der Waals surface area contributed by atoms with E-state index in [4.69, 9.17) is 0 Å². The Morgan fingerprint density at radius 3 is 2.83 bits per heavy atom. The van der Waals surface area contributed by atoms with Crippen LogP contribution in [0.2, 0.25) is 0 Å². The second-order valence-corrected chi connectivity index (χ2v) is 9.97. The third-order valence-electron chi connectivity index (χ3n) is 6.80. The van der Waals surface area contributed by atoms with Crippen LogP contribution in [0.1, 0.15) is 44.1 Å². The molecule has 0 unspecified atom stereocenters. The molecule has 0 fully saturated rings. The van der Waals surface area contributed by atoms with Gasteiger partial charge in [-0.1, -0.05) is 12.1 Å². The molecule has 1 aromatic carbocycles. The summed E-state index contributed by atoms with van der Waals surface area (Å²) in [6.07, 6.45) is 9.74. The van der Waals surface area contributed by atoms with Gasteiger partial charge in [0.15, 0.2) is 5.82 Å². The molecule has 0 radical (unpaired) electrons. The smallest absolute Gasteiger partial charge is 0.291 e. The van der Waals surface area contributed by atoms with Crippen LogP contribution in [0, 0.1) is 0 Å².